The molecule has 5 nitrogen and oxygen atoms in total. The summed E-state index contributed by atoms with van der Waals surface area (Å²) in [4.78, 5) is 15.0. The fourth-order valence-electron chi connectivity index (χ4n) is 2.57. The predicted molar refractivity (Wildman–Crippen MR) is 99.1 cm³/mol. The fourth-order valence-corrected chi connectivity index (χ4v) is 2.57. The van der Waals surface area contributed by atoms with Crippen molar-refractivity contribution < 1.29 is 23.0 Å². The number of halogens is 2. The molecule has 1 atom stereocenters. The number of rotatable bonds is 7. The number of benzene rings is 2. The van der Waals surface area contributed by atoms with Gasteiger partial charge in [0.05, 0.1) is 6.61 Å². The first-order chi connectivity index (χ1) is 12.8. The topological polar surface area (TPSA) is 42.0 Å². The Bertz CT molecular complexity index is 744. The lowest BCUT2D eigenvalue weighted by Crippen LogP contribution is -2.25. The van der Waals surface area contributed by atoms with Gasteiger partial charge in [0.25, 0.3) is 0 Å². The van der Waals surface area contributed by atoms with Gasteiger partial charge in [-0.15, -0.1) is 0 Å². The molecule has 1 unspecified atom stereocenters. The second-order valence-corrected chi connectivity index (χ2v) is 6.55. The maximum atomic E-state index is 13.2. The largest absolute Gasteiger partial charge is 0.493 e. The van der Waals surface area contributed by atoms with Crippen molar-refractivity contribution in [3.63, 3.8) is 0 Å². The molecule has 0 fully saturated rings. The van der Waals surface area contributed by atoms with Crippen LogP contribution in [0.4, 0.5) is 13.6 Å². The number of ether oxygens (including phenoxy) is 2. The van der Waals surface area contributed by atoms with Crippen molar-refractivity contribution in [2.75, 3.05) is 34.8 Å². The first kappa shape index (κ1) is 20.6. The molecule has 2 aromatic carbocycles. The van der Waals surface area contributed by atoms with Crippen LogP contribution in [0, 0.1) is 11.6 Å². The Labute approximate surface area is 158 Å². The minimum Gasteiger partial charge on any atom is -0.493 e. The molecule has 7 heteroatoms. The molecule has 146 valence electrons. The first-order valence-corrected chi connectivity index (χ1v) is 8.50. The molecule has 2 aromatic rings. The summed E-state index contributed by atoms with van der Waals surface area (Å²) in [5.74, 6) is -0.716. The molecule has 0 aromatic heterocycles. The third-order valence-electron chi connectivity index (χ3n) is 3.95. The second kappa shape index (κ2) is 9.32. The van der Waals surface area contributed by atoms with Gasteiger partial charge in [-0.3, -0.25) is 0 Å². The van der Waals surface area contributed by atoms with Crippen molar-refractivity contribution in [2.24, 2.45) is 0 Å². The van der Waals surface area contributed by atoms with Crippen molar-refractivity contribution in [1.29, 1.82) is 0 Å². The lowest BCUT2D eigenvalue weighted by atomic mass is 10.0. The molecule has 0 heterocycles. The molecule has 0 N–H and O–H groups in total. The number of carbonyl (C=O) groups excluding carboxylic acids is 1. The maximum absolute atomic E-state index is 13.2. The van der Waals surface area contributed by atoms with E-state index < -0.39 is 17.7 Å². The second-order valence-electron chi connectivity index (χ2n) is 6.55. The number of amides is 1. The molecular formula is C20H24F2N2O3. The van der Waals surface area contributed by atoms with Crippen molar-refractivity contribution in [2.45, 2.75) is 12.5 Å². The summed E-state index contributed by atoms with van der Waals surface area (Å²) in [6.07, 6.45) is 0.171. The highest BCUT2D eigenvalue weighted by Gasteiger charge is 2.15. The zero-order chi connectivity index (χ0) is 20.0. The van der Waals surface area contributed by atoms with E-state index >= 15 is 0 Å². The Kier molecular flexibility index (Phi) is 7.12. The van der Waals surface area contributed by atoms with E-state index in [4.69, 9.17) is 9.47 Å². The third-order valence-corrected chi connectivity index (χ3v) is 3.95. The lowest BCUT2D eigenvalue weighted by molar-refractivity contribution is 0.172. The zero-order valence-electron chi connectivity index (χ0n) is 15.9. The van der Waals surface area contributed by atoms with Gasteiger partial charge in [0.1, 0.15) is 23.1 Å². The maximum Gasteiger partial charge on any atom is 0.414 e. The average Bonchev–Trinajstić information content (AvgIpc) is 2.58. The van der Waals surface area contributed by atoms with Crippen LogP contribution in [0.5, 0.6) is 11.5 Å². The van der Waals surface area contributed by atoms with E-state index in [1.807, 2.05) is 31.1 Å². The molecule has 0 aliphatic carbocycles. The van der Waals surface area contributed by atoms with Gasteiger partial charge in [-0.2, -0.15) is 0 Å². The minimum absolute atomic E-state index is 0.0296. The van der Waals surface area contributed by atoms with Gasteiger partial charge in [-0.1, -0.05) is 12.1 Å². The van der Waals surface area contributed by atoms with Gasteiger partial charge >= 0.3 is 6.09 Å². The van der Waals surface area contributed by atoms with E-state index in [9.17, 15) is 13.6 Å². The monoisotopic (exact) mass is 378 g/mol. The molecule has 0 saturated heterocycles. The quantitative estimate of drug-likeness (QED) is 0.728. The fraction of sp³-hybridized carbons (Fsp3) is 0.350. The summed E-state index contributed by atoms with van der Waals surface area (Å²) >= 11 is 0. The SMILES string of the molecule is CN(C)C(=O)Oc1ccc(C(CCOc2cc(F)cc(F)c2)N(C)C)cc1. The van der Waals surface area contributed by atoms with Gasteiger partial charge in [-0.25, -0.2) is 13.6 Å². The van der Waals surface area contributed by atoms with Crippen LogP contribution in [0.2, 0.25) is 0 Å². The van der Waals surface area contributed by atoms with Gasteiger partial charge in [0, 0.05) is 44.8 Å². The zero-order valence-corrected chi connectivity index (χ0v) is 15.9. The average molecular weight is 378 g/mol. The number of carbonyl (C=O) groups is 1. The van der Waals surface area contributed by atoms with Crippen LogP contribution >= 0.6 is 0 Å². The van der Waals surface area contributed by atoms with Crippen molar-refractivity contribution in [1.82, 2.24) is 9.80 Å². The van der Waals surface area contributed by atoms with Crippen LogP contribution in [0.3, 0.4) is 0 Å². The molecule has 0 bridgehead atoms. The summed E-state index contributed by atoms with van der Waals surface area (Å²) in [7, 11) is 7.10. The van der Waals surface area contributed by atoms with Gasteiger partial charge in [0.2, 0.25) is 0 Å². The molecule has 0 aliphatic rings. The van der Waals surface area contributed by atoms with Crippen molar-refractivity contribution >= 4 is 6.09 Å². The number of hydrogen-bond acceptors (Lipinski definition) is 4. The summed E-state index contributed by atoms with van der Waals surface area (Å²) in [5.41, 5.74) is 1.01. The predicted octanol–water partition coefficient (Wildman–Crippen LogP) is 4.10. The third kappa shape index (κ3) is 6.21. The molecule has 27 heavy (non-hydrogen) atoms. The van der Waals surface area contributed by atoms with Crippen LogP contribution < -0.4 is 9.47 Å². The van der Waals surface area contributed by atoms with E-state index in [0.717, 1.165) is 23.8 Å². The molecular weight excluding hydrogens is 354 g/mol. The van der Waals surface area contributed by atoms with Crippen LogP contribution in [0.25, 0.3) is 0 Å². The van der Waals surface area contributed by atoms with Gasteiger partial charge < -0.3 is 19.3 Å². The Balaban J connectivity index is 1.99. The Morgan fingerprint density at radius 3 is 2.07 bits per heavy atom. The minimum atomic E-state index is -0.669. The molecule has 0 aliphatic heterocycles. The lowest BCUT2D eigenvalue weighted by Gasteiger charge is -2.25. The molecule has 1 amide bonds. The number of hydrogen-bond donors (Lipinski definition) is 0. The van der Waals surface area contributed by atoms with Crippen LogP contribution in [0.15, 0.2) is 42.5 Å². The number of nitrogens with zero attached hydrogens (tertiary/aromatic N) is 2. The van der Waals surface area contributed by atoms with E-state index in [1.165, 1.54) is 4.90 Å². The van der Waals surface area contributed by atoms with E-state index in [2.05, 4.69) is 0 Å². The van der Waals surface area contributed by atoms with Crippen LogP contribution in [0.1, 0.15) is 18.0 Å². The molecule has 0 spiro atoms. The molecule has 0 saturated carbocycles. The summed E-state index contributed by atoms with van der Waals surface area (Å²) < 4.78 is 37.1. The van der Waals surface area contributed by atoms with E-state index in [1.54, 1.807) is 26.2 Å². The van der Waals surface area contributed by atoms with Crippen molar-refractivity contribution in [3.8, 4) is 11.5 Å². The van der Waals surface area contributed by atoms with E-state index in [-0.39, 0.29) is 11.8 Å². The molecule has 2 rings (SSSR count). The van der Waals surface area contributed by atoms with Crippen LogP contribution in [-0.4, -0.2) is 50.7 Å². The van der Waals surface area contributed by atoms with Gasteiger partial charge in [-0.05, 0) is 31.8 Å². The van der Waals surface area contributed by atoms with E-state index in [0.29, 0.717) is 18.8 Å². The highest BCUT2D eigenvalue weighted by molar-refractivity contribution is 5.69. The van der Waals surface area contributed by atoms with Crippen molar-refractivity contribution in [3.05, 3.63) is 59.7 Å². The standard InChI is InChI=1S/C20H24F2N2O3/c1-23(2)19(9-10-26-18-12-15(21)11-16(22)13-18)14-5-7-17(8-6-14)27-20(25)24(3)4/h5-8,11-13,19H,9-10H2,1-4H3. The summed E-state index contributed by atoms with van der Waals surface area (Å²) in [5, 5.41) is 0. The highest BCUT2D eigenvalue weighted by atomic mass is 19.1. The Hall–Kier alpha value is -2.67. The van der Waals surface area contributed by atoms with Crippen LogP contribution in [-0.2, 0) is 0 Å². The summed E-state index contributed by atoms with van der Waals surface area (Å²) in [6, 6.07) is 10.4. The Morgan fingerprint density at radius 2 is 1.56 bits per heavy atom. The highest BCUT2D eigenvalue weighted by Crippen LogP contribution is 2.25. The summed E-state index contributed by atoms with van der Waals surface area (Å²) in [6.45, 7) is 0.295. The molecule has 0 radical (unpaired) electrons. The smallest absolute Gasteiger partial charge is 0.414 e. The Morgan fingerprint density at radius 1 is 0.963 bits per heavy atom. The van der Waals surface area contributed by atoms with Gasteiger partial charge in [0.15, 0.2) is 0 Å². The normalized spacial score (nSPS) is 12.0. The first-order valence-electron chi connectivity index (χ1n) is 8.50.